The molecule has 0 spiro atoms. The van der Waals surface area contributed by atoms with Crippen molar-refractivity contribution in [1.82, 2.24) is 5.32 Å². The number of hydrogen-bond acceptors (Lipinski definition) is 3. The zero-order chi connectivity index (χ0) is 9.97. The molecule has 4 atom stereocenters. The minimum atomic E-state index is -0.296. The quantitative estimate of drug-likeness (QED) is 0.710. The number of rotatable bonds is 3. The van der Waals surface area contributed by atoms with Crippen LogP contribution in [0.1, 0.15) is 32.6 Å². The van der Waals surface area contributed by atoms with E-state index in [1.165, 1.54) is 25.7 Å². The van der Waals surface area contributed by atoms with Crippen molar-refractivity contribution in [3.05, 3.63) is 0 Å². The van der Waals surface area contributed by atoms with Crippen LogP contribution in [-0.2, 0) is 4.74 Å². The highest BCUT2D eigenvalue weighted by atomic mass is 16.5. The summed E-state index contributed by atoms with van der Waals surface area (Å²) in [5, 5.41) is 13.1. The van der Waals surface area contributed by atoms with E-state index in [1.807, 2.05) is 0 Å². The van der Waals surface area contributed by atoms with Gasteiger partial charge in [-0.1, -0.05) is 13.3 Å². The predicted octanol–water partition coefficient (Wildman–Crippen LogP) is 0.914. The topological polar surface area (TPSA) is 41.5 Å². The van der Waals surface area contributed by atoms with Gasteiger partial charge in [-0.25, -0.2) is 0 Å². The van der Waals surface area contributed by atoms with Crippen LogP contribution in [0.4, 0.5) is 0 Å². The number of ether oxygens (including phenoxy) is 1. The van der Waals surface area contributed by atoms with Crippen molar-refractivity contribution < 1.29 is 9.84 Å². The molecule has 0 amide bonds. The van der Waals surface area contributed by atoms with Crippen LogP contribution in [0.25, 0.3) is 0 Å². The third kappa shape index (κ3) is 2.27. The number of aliphatic hydroxyl groups is 1. The van der Waals surface area contributed by atoms with Crippen LogP contribution >= 0.6 is 0 Å². The fraction of sp³-hybridized carbons (Fsp3) is 1.00. The van der Waals surface area contributed by atoms with Gasteiger partial charge in [0.05, 0.1) is 25.4 Å². The Balaban J connectivity index is 1.75. The van der Waals surface area contributed by atoms with Crippen molar-refractivity contribution in [2.45, 2.75) is 50.8 Å². The van der Waals surface area contributed by atoms with Gasteiger partial charge in [-0.3, -0.25) is 0 Å². The average Bonchev–Trinajstić information content (AvgIpc) is 2.77. The Kier molecular flexibility index (Phi) is 3.42. The largest absolute Gasteiger partial charge is 0.389 e. The maximum atomic E-state index is 9.58. The third-order valence-corrected chi connectivity index (χ3v) is 3.62. The second kappa shape index (κ2) is 4.60. The molecule has 0 aromatic rings. The van der Waals surface area contributed by atoms with Gasteiger partial charge >= 0.3 is 0 Å². The summed E-state index contributed by atoms with van der Waals surface area (Å²) in [7, 11) is 0. The van der Waals surface area contributed by atoms with E-state index >= 15 is 0 Å². The molecule has 0 radical (unpaired) electrons. The lowest BCUT2D eigenvalue weighted by Crippen LogP contribution is -2.44. The van der Waals surface area contributed by atoms with Crippen LogP contribution in [0.5, 0.6) is 0 Å². The van der Waals surface area contributed by atoms with Gasteiger partial charge in [-0.05, 0) is 25.2 Å². The molecule has 1 aliphatic carbocycles. The minimum absolute atomic E-state index is 0.176. The number of hydrogen-bond donors (Lipinski definition) is 2. The first-order valence-electron chi connectivity index (χ1n) is 5.81. The Morgan fingerprint density at radius 2 is 2.21 bits per heavy atom. The molecule has 1 saturated heterocycles. The Labute approximate surface area is 85.8 Å². The summed E-state index contributed by atoms with van der Waals surface area (Å²) in [4.78, 5) is 0. The molecular weight excluding hydrogens is 178 g/mol. The Bertz CT molecular complexity index is 186. The minimum Gasteiger partial charge on any atom is -0.389 e. The average molecular weight is 199 g/mol. The van der Waals surface area contributed by atoms with Crippen LogP contribution < -0.4 is 5.32 Å². The molecule has 14 heavy (non-hydrogen) atoms. The maximum Gasteiger partial charge on any atom is 0.0948 e. The fourth-order valence-electron chi connectivity index (χ4n) is 2.60. The molecule has 2 rings (SSSR count). The standard InChI is InChI=1S/C11H21NO2/c1-2-8-3-4-9(5-8)12-10-6-14-7-11(10)13/h8-13H,2-7H2,1H3. The van der Waals surface area contributed by atoms with Crippen molar-refractivity contribution in [2.24, 2.45) is 5.92 Å². The summed E-state index contributed by atoms with van der Waals surface area (Å²) >= 11 is 0. The first kappa shape index (κ1) is 10.4. The SMILES string of the molecule is CCC1CCC(NC2COCC2O)C1. The molecule has 0 bridgehead atoms. The zero-order valence-electron chi connectivity index (χ0n) is 8.91. The van der Waals surface area contributed by atoms with Gasteiger partial charge in [0.15, 0.2) is 0 Å². The van der Waals surface area contributed by atoms with E-state index < -0.39 is 0 Å². The van der Waals surface area contributed by atoms with E-state index in [4.69, 9.17) is 4.74 Å². The van der Waals surface area contributed by atoms with Crippen LogP contribution in [0.15, 0.2) is 0 Å². The van der Waals surface area contributed by atoms with Crippen molar-refractivity contribution in [3.8, 4) is 0 Å². The second-order valence-electron chi connectivity index (χ2n) is 4.66. The van der Waals surface area contributed by atoms with Crippen molar-refractivity contribution in [3.63, 3.8) is 0 Å². The smallest absolute Gasteiger partial charge is 0.0948 e. The number of nitrogens with one attached hydrogen (secondary N) is 1. The lowest BCUT2D eigenvalue weighted by molar-refractivity contribution is 0.121. The molecular formula is C11H21NO2. The van der Waals surface area contributed by atoms with Crippen LogP contribution in [-0.4, -0.2) is 36.5 Å². The van der Waals surface area contributed by atoms with Crippen molar-refractivity contribution >= 4 is 0 Å². The fourth-order valence-corrected chi connectivity index (χ4v) is 2.60. The molecule has 0 aromatic carbocycles. The maximum absolute atomic E-state index is 9.58. The van der Waals surface area contributed by atoms with E-state index in [-0.39, 0.29) is 12.1 Å². The highest BCUT2D eigenvalue weighted by Gasteiger charge is 2.31. The van der Waals surface area contributed by atoms with E-state index in [0.29, 0.717) is 19.3 Å². The third-order valence-electron chi connectivity index (χ3n) is 3.62. The van der Waals surface area contributed by atoms with E-state index in [0.717, 1.165) is 5.92 Å². The van der Waals surface area contributed by atoms with Gasteiger partial charge in [-0.15, -0.1) is 0 Å². The molecule has 1 heterocycles. The molecule has 3 nitrogen and oxygen atoms in total. The van der Waals surface area contributed by atoms with Crippen molar-refractivity contribution in [1.29, 1.82) is 0 Å². The first-order chi connectivity index (χ1) is 6.79. The number of aliphatic hydroxyl groups excluding tert-OH is 1. The van der Waals surface area contributed by atoms with E-state index in [1.54, 1.807) is 0 Å². The Morgan fingerprint density at radius 1 is 1.36 bits per heavy atom. The molecule has 2 fully saturated rings. The summed E-state index contributed by atoms with van der Waals surface area (Å²) in [6, 6.07) is 0.789. The Hall–Kier alpha value is -0.120. The predicted molar refractivity (Wildman–Crippen MR) is 55.2 cm³/mol. The van der Waals surface area contributed by atoms with Gasteiger partial charge in [0, 0.05) is 6.04 Å². The van der Waals surface area contributed by atoms with Gasteiger partial charge in [0.25, 0.3) is 0 Å². The molecule has 1 saturated carbocycles. The normalized spacial score (nSPS) is 43.3. The first-order valence-corrected chi connectivity index (χ1v) is 5.81. The molecule has 4 unspecified atom stereocenters. The highest BCUT2D eigenvalue weighted by molar-refractivity contribution is 4.87. The molecule has 2 N–H and O–H groups in total. The van der Waals surface area contributed by atoms with Crippen LogP contribution in [0.2, 0.25) is 0 Å². The van der Waals surface area contributed by atoms with Crippen LogP contribution in [0.3, 0.4) is 0 Å². The highest BCUT2D eigenvalue weighted by Crippen LogP contribution is 2.28. The summed E-state index contributed by atoms with van der Waals surface area (Å²) in [6.07, 6.45) is 4.89. The van der Waals surface area contributed by atoms with Crippen LogP contribution in [0, 0.1) is 5.92 Å². The zero-order valence-corrected chi connectivity index (χ0v) is 8.91. The summed E-state index contributed by atoms with van der Waals surface area (Å²) < 4.78 is 5.22. The second-order valence-corrected chi connectivity index (χ2v) is 4.66. The molecule has 1 aliphatic heterocycles. The summed E-state index contributed by atoms with van der Waals surface area (Å²) in [6.45, 7) is 3.44. The summed E-state index contributed by atoms with van der Waals surface area (Å²) in [5.41, 5.74) is 0. The molecule has 2 aliphatic rings. The van der Waals surface area contributed by atoms with Gasteiger partial charge < -0.3 is 15.2 Å². The van der Waals surface area contributed by atoms with Crippen molar-refractivity contribution in [2.75, 3.05) is 13.2 Å². The molecule has 82 valence electrons. The lowest BCUT2D eigenvalue weighted by Gasteiger charge is -2.20. The van der Waals surface area contributed by atoms with E-state index in [2.05, 4.69) is 12.2 Å². The van der Waals surface area contributed by atoms with E-state index in [9.17, 15) is 5.11 Å². The van der Waals surface area contributed by atoms with Gasteiger partial charge in [0.1, 0.15) is 0 Å². The van der Waals surface area contributed by atoms with Gasteiger partial charge in [-0.2, -0.15) is 0 Å². The van der Waals surface area contributed by atoms with Gasteiger partial charge in [0.2, 0.25) is 0 Å². The monoisotopic (exact) mass is 199 g/mol. The Morgan fingerprint density at radius 3 is 2.79 bits per heavy atom. The lowest BCUT2D eigenvalue weighted by atomic mass is 10.1. The molecule has 3 heteroatoms. The summed E-state index contributed by atoms with van der Waals surface area (Å²) in [5.74, 6) is 0.895. The molecule has 0 aromatic heterocycles.